The van der Waals surface area contributed by atoms with Gasteiger partial charge in [0.1, 0.15) is 6.04 Å². The first-order valence-electron chi connectivity index (χ1n) is 6.25. The summed E-state index contributed by atoms with van der Waals surface area (Å²) in [5, 5.41) is 20.4. The molecule has 0 saturated heterocycles. The molecule has 0 fully saturated rings. The summed E-state index contributed by atoms with van der Waals surface area (Å²) in [5.74, 6) is -0.415. The average molecular weight is 307 g/mol. The zero-order valence-electron chi connectivity index (χ0n) is 11.9. The third-order valence-electron chi connectivity index (χ3n) is 2.87. The molecule has 0 aliphatic rings. The summed E-state index contributed by atoms with van der Waals surface area (Å²) < 4.78 is 0. The normalized spacial score (nSPS) is 11.3. The Morgan fingerprint density at radius 1 is 1.52 bits per heavy atom. The highest BCUT2D eigenvalue weighted by molar-refractivity contribution is 7.98. The van der Waals surface area contributed by atoms with Crippen LogP contribution in [-0.2, 0) is 4.79 Å². The van der Waals surface area contributed by atoms with Crippen molar-refractivity contribution >= 4 is 29.4 Å². The summed E-state index contributed by atoms with van der Waals surface area (Å²) in [6, 6.07) is 7.10. The summed E-state index contributed by atoms with van der Waals surface area (Å²) in [4.78, 5) is 24.5. The first kappa shape index (κ1) is 16.9. The second-order valence-electron chi connectivity index (χ2n) is 4.34. The maximum atomic E-state index is 12.1. The van der Waals surface area contributed by atoms with Crippen LogP contribution in [0.15, 0.2) is 24.3 Å². The van der Waals surface area contributed by atoms with Gasteiger partial charge in [-0.05, 0) is 36.6 Å². The van der Waals surface area contributed by atoms with Gasteiger partial charge in [-0.25, -0.2) is 9.59 Å². The molecular weight excluding hydrogens is 290 g/mol. The van der Waals surface area contributed by atoms with E-state index in [1.165, 1.54) is 23.7 Å². The molecule has 2 N–H and O–H groups in total. The summed E-state index contributed by atoms with van der Waals surface area (Å²) in [6.07, 6.45) is 2.23. The molecule has 1 atom stereocenters. The number of hydrogen-bond donors (Lipinski definition) is 2. The molecule has 0 aliphatic carbocycles. The highest BCUT2D eigenvalue weighted by Crippen LogP contribution is 2.14. The van der Waals surface area contributed by atoms with Crippen LogP contribution in [0.2, 0.25) is 0 Å². The number of aliphatic carboxylic acids is 1. The second kappa shape index (κ2) is 8.17. The standard InChI is InChI=1S/C14H17N3O3S/c1-17(11-5-3-4-10(8-11)9-15)14(20)16-12(13(18)19)6-7-21-2/h3-5,8,12H,6-7H2,1-2H3,(H,16,20)(H,18,19)/t12-/m1/s1. The van der Waals surface area contributed by atoms with E-state index in [4.69, 9.17) is 10.4 Å². The molecule has 1 aromatic carbocycles. The first-order valence-corrected chi connectivity index (χ1v) is 7.65. The highest BCUT2D eigenvalue weighted by atomic mass is 32.2. The zero-order valence-corrected chi connectivity index (χ0v) is 12.7. The predicted molar refractivity (Wildman–Crippen MR) is 82.5 cm³/mol. The lowest BCUT2D eigenvalue weighted by molar-refractivity contribution is -0.139. The van der Waals surface area contributed by atoms with Crippen molar-refractivity contribution in [1.82, 2.24) is 5.32 Å². The number of urea groups is 1. The summed E-state index contributed by atoms with van der Waals surface area (Å²) in [6.45, 7) is 0. The monoisotopic (exact) mass is 307 g/mol. The maximum Gasteiger partial charge on any atom is 0.326 e. The van der Waals surface area contributed by atoms with E-state index in [0.29, 0.717) is 23.4 Å². The van der Waals surface area contributed by atoms with Crippen molar-refractivity contribution in [3.63, 3.8) is 0 Å². The summed E-state index contributed by atoms with van der Waals surface area (Å²) in [7, 11) is 1.53. The van der Waals surface area contributed by atoms with Crippen LogP contribution in [0.3, 0.4) is 0 Å². The molecule has 0 radical (unpaired) electrons. The minimum absolute atomic E-state index is 0.355. The van der Waals surface area contributed by atoms with Gasteiger partial charge in [0.2, 0.25) is 0 Å². The zero-order chi connectivity index (χ0) is 15.8. The van der Waals surface area contributed by atoms with E-state index in [0.717, 1.165) is 0 Å². The number of carboxylic acid groups (broad SMARTS) is 1. The predicted octanol–water partition coefficient (Wildman–Crippen LogP) is 1.91. The smallest absolute Gasteiger partial charge is 0.326 e. The van der Waals surface area contributed by atoms with Crippen molar-refractivity contribution < 1.29 is 14.7 Å². The molecule has 0 unspecified atom stereocenters. The maximum absolute atomic E-state index is 12.1. The van der Waals surface area contributed by atoms with E-state index in [9.17, 15) is 9.59 Å². The number of anilines is 1. The Labute approximate surface area is 127 Å². The van der Waals surface area contributed by atoms with Crippen LogP contribution in [0.1, 0.15) is 12.0 Å². The first-order chi connectivity index (χ1) is 9.99. The van der Waals surface area contributed by atoms with Crippen LogP contribution in [0.4, 0.5) is 10.5 Å². The topological polar surface area (TPSA) is 93.4 Å². The summed E-state index contributed by atoms with van der Waals surface area (Å²) in [5.41, 5.74) is 0.963. The molecule has 112 valence electrons. The van der Waals surface area contributed by atoms with Gasteiger partial charge in [-0.15, -0.1) is 0 Å². The SMILES string of the molecule is CSCC[C@@H](NC(=O)N(C)c1cccc(C#N)c1)C(=O)O. The quantitative estimate of drug-likeness (QED) is 0.837. The van der Waals surface area contributed by atoms with Gasteiger partial charge in [-0.2, -0.15) is 17.0 Å². The fraction of sp³-hybridized carbons (Fsp3) is 0.357. The van der Waals surface area contributed by atoms with E-state index in [-0.39, 0.29) is 0 Å². The number of benzene rings is 1. The lowest BCUT2D eigenvalue weighted by Crippen LogP contribution is -2.47. The number of nitrogens with zero attached hydrogens (tertiary/aromatic N) is 2. The third-order valence-corrected chi connectivity index (χ3v) is 3.52. The van der Waals surface area contributed by atoms with Crippen LogP contribution in [0.25, 0.3) is 0 Å². The average Bonchev–Trinajstić information content (AvgIpc) is 2.50. The van der Waals surface area contributed by atoms with E-state index in [1.54, 1.807) is 24.3 Å². The number of amides is 2. The van der Waals surface area contributed by atoms with Gasteiger partial charge in [0.05, 0.1) is 11.6 Å². The molecule has 6 nitrogen and oxygen atoms in total. The Balaban J connectivity index is 2.76. The lowest BCUT2D eigenvalue weighted by Gasteiger charge is -2.21. The van der Waals surface area contributed by atoms with Gasteiger partial charge < -0.3 is 10.4 Å². The van der Waals surface area contributed by atoms with Crippen molar-refractivity contribution in [2.75, 3.05) is 24.0 Å². The van der Waals surface area contributed by atoms with Gasteiger partial charge >= 0.3 is 12.0 Å². The van der Waals surface area contributed by atoms with Gasteiger partial charge in [-0.3, -0.25) is 4.90 Å². The highest BCUT2D eigenvalue weighted by Gasteiger charge is 2.21. The van der Waals surface area contributed by atoms with Gasteiger partial charge in [-0.1, -0.05) is 6.07 Å². The third kappa shape index (κ3) is 5.00. The van der Waals surface area contributed by atoms with Crippen LogP contribution < -0.4 is 10.2 Å². The lowest BCUT2D eigenvalue weighted by atomic mass is 10.2. The fourth-order valence-electron chi connectivity index (χ4n) is 1.64. The number of nitriles is 1. The number of carboxylic acids is 1. The molecule has 7 heteroatoms. The number of nitrogens with one attached hydrogen (secondary N) is 1. The molecule has 0 aromatic heterocycles. The molecule has 1 aromatic rings. The molecule has 0 bridgehead atoms. The van der Waals surface area contributed by atoms with Crippen LogP contribution in [0.5, 0.6) is 0 Å². The van der Waals surface area contributed by atoms with Crippen molar-refractivity contribution in [2.45, 2.75) is 12.5 Å². The largest absolute Gasteiger partial charge is 0.480 e. The number of rotatable bonds is 6. The number of thioether (sulfide) groups is 1. The number of hydrogen-bond acceptors (Lipinski definition) is 4. The minimum Gasteiger partial charge on any atom is -0.480 e. The molecule has 2 amide bonds. The minimum atomic E-state index is -1.06. The van der Waals surface area contributed by atoms with Crippen molar-refractivity contribution in [3.05, 3.63) is 29.8 Å². The Morgan fingerprint density at radius 3 is 2.81 bits per heavy atom. The van der Waals surface area contributed by atoms with Crippen molar-refractivity contribution in [1.29, 1.82) is 5.26 Å². The molecule has 0 spiro atoms. The van der Waals surface area contributed by atoms with Crippen LogP contribution in [-0.4, -0.2) is 42.2 Å². The van der Waals surface area contributed by atoms with E-state index in [2.05, 4.69) is 5.32 Å². The molecule has 21 heavy (non-hydrogen) atoms. The van der Waals surface area contributed by atoms with Gasteiger partial charge in [0, 0.05) is 12.7 Å². The molecular formula is C14H17N3O3S. The Kier molecular flexibility index (Phi) is 6.56. The van der Waals surface area contributed by atoms with E-state index < -0.39 is 18.0 Å². The Hall–Kier alpha value is -2.20. The molecule has 0 aliphatic heterocycles. The van der Waals surface area contributed by atoms with E-state index >= 15 is 0 Å². The molecule has 0 heterocycles. The second-order valence-corrected chi connectivity index (χ2v) is 5.33. The van der Waals surface area contributed by atoms with Gasteiger partial charge in [0.15, 0.2) is 0 Å². The fourth-order valence-corrected chi connectivity index (χ4v) is 2.11. The number of carbonyl (C=O) groups is 2. The van der Waals surface area contributed by atoms with Gasteiger partial charge in [0.25, 0.3) is 0 Å². The van der Waals surface area contributed by atoms with Crippen molar-refractivity contribution in [3.8, 4) is 6.07 Å². The molecule has 0 saturated carbocycles. The Bertz CT molecular complexity index is 557. The summed E-state index contributed by atoms with van der Waals surface area (Å²) >= 11 is 1.52. The van der Waals surface area contributed by atoms with E-state index in [1.807, 2.05) is 12.3 Å². The van der Waals surface area contributed by atoms with Crippen molar-refractivity contribution in [2.24, 2.45) is 0 Å². The Morgan fingerprint density at radius 2 is 2.24 bits per heavy atom. The van der Waals surface area contributed by atoms with Crippen LogP contribution >= 0.6 is 11.8 Å². The number of carbonyl (C=O) groups excluding carboxylic acids is 1. The van der Waals surface area contributed by atoms with Crippen LogP contribution in [0, 0.1) is 11.3 Å². The molecule has 1 rings (SSSR count).